The van der Waals surface area contributed by atoms with Gasteiger partial charge in [-0.3, -0.25) is 4.79 Å². The van der Waals surface area contributed by atoms with E-state index in [1.165, 1.54) is 12.1 Å². The van der Waals surface area contributed by atoms with Crippen LogP contribution in [0.3, 0.4) is 0 Å². The normalized spacial score (nSPS) is 9.73. The first-order chi connectivity index (χ1) is 7.13. The molecule has 1 aromatic rings. The fourth-order valence-electron chi connectivity index (χ4n) is 1.02. The smallest absolute Gasteiger partial charge is 0.310 e. The SMILES string of the molecule is C=CCOC(=O)Cc1ccc(F)c(F)c1. The Hall–Kier alpha value is -1.71. The van der Waals surface area contributed by atoms with E-state index >= 15 is 0 Å². The van der Waals surface area contributed by atoms with Crippen LogP contribution in [0.4, 0.5) is 8.78 Å². The zero-order chi connectivity index (χ0) is 11.3. The van der Waals surface area contributed by atoms with Crippen molar-refractivity contribution in [1.82, 2.24) is 0 Å². The summed E-state index contributed by atoms with van der Waals surface area (Å²) in [7, 11) is 0. The summed E-state index contributed by atoms with van der Waals surface area (Å²) in [5.74, 6) is -2.40. The minimum atomic E-state index is -0.968. The van der Waals surface area contributed by atoms with E-state index in [1.54, 1.807) is 0 Å². The number of carbonyl (C=O) groups excluding carboxylic acids is 1. The summed E-state index contributed by atoms with van der Waals surface area (Å²) < 4.78 is 30.0. The van der Waals surface area contributed by atoms with Gasteiger partial charge in [-0.15, -0.1) is 0 Å². The van der Waals surface area contributed by atoms with Gasteiger partial charge >= 0.3 is 5.97 Å². The van der Waals surface area contributed by atoms with Crippen LogP contribution in [0.5, 0.6) is 0 Å². The van der Waals surface area contributed by atoms with Gasteiger partial charge in [-0.1, -0.05) is 18.7 Å². The first kappa shape index (κ1) is 11.4. The monoisotopic (exact) mass is 212 g/mol. The van der Waals surface area contributed by atoms with Crippen LogP contribution in [0.1, 0.15) is 5.56 Å². The summed E-state index contributed by atoms with van der Waals surface area (Å²) in [4.78, 5) is 11.1. The molecular weight excluding hydrogens is 202 g/mol. The zero-order valence-electron chi connectivity index (χ0n) is 8.00. The van der Waals surface area contributed by atoms with Crippen molar-refractivity contribution in [3.63, 3.8) is 0 Å². The lowest BCUT2D eigenvalue weighted by Crippen LogP contribution is -2.08. The minimum Gasteiger partial charge on any atom is -0.461 e. The van der Waals surface area contributed by atoms with Crippen LogP contribution >= 0.6 is 0 Å². The van der Waals surface area contributed by atoms with Crippen molar-refractivity contribution < 1.29 is 18.3 Å². The van der Waals surface area contributed by atoms with Crippen molar-refractivity contribution in [2.45, 2.75) is 6.42 Å². The average Bonchev–Trinajstić information content (AvgIpc) is 2.20. The largest absolute Gasteiger partial charge is 0.461 e. The van der Waals surface area contributed by atoms with Crippen molar-refractivity contribution in [2.24, 2.45) is 0 Å². The lowest BCUT2D eigenvalue weighted by Gasteiger charge is -2.02. The van der Waals surface area contributed by atoms with Gasteiger partial charge in [0, 0.05) is 0 Å². The minimum absolute atomic E-state index is 0.0783. The molecule has 0 saturated heterocycles. The number of halogens is 2. The molecule has 0 radical (unpaired) electrons. The van der Waals surface area contributed by atoms with Gasteiger partial charge in [0.25, 0.3) is 0 Å². The second-order valence-electron chi connectivity index (χ2n) is 2.90. The third-order valence-electron chi connectivity index (χ3n) is 1.69. The maximum atomic E-state index is 12.7. The molecule has 0 aliphatic rings. The molecule has 1 rings (SSSR count). The lowest BCUT2D eigenvalue weighted by molar-refractivity contribution is -0.141. The van der Waals surface area contributed by atoms with Gasteiger partial charge in [0.2, 0.25) is 0 Å². The number of rotatable bonds is 4. The van der Waals surface area contributed by atoms with Crippen LogP contribution in [0.25, 0.3) is 0 Å². The van der Waals surface area contributed by atoms with Crippen LogP contribution in [0, 0.1) is 11.6 Å². The average molecular weight is 212 g/mol. The van der Waals surface area contributed by atoms with E-state index in [0.717, 1.165) is 12.1 Å². The van der Waals surface area contributed by atoms with Crippen molar-refractivity contribution in [1.29, 1.82) is 0 Å². The van der Waals surface area contributed by atoms with Gasteiger partial charge in [0.1, 0.15) is 6.61 Å². The highest BCUT2D eigenvalue weighted by atomic mass is 19.2. The van der Waals surface area contributed by atoms with Gasteiger partial charge in [0.15, 0.2) is 11.6 Å². The Balaban J connectivity index is 2.60. The molecule has 0 aliphatic carbocycles. The van der Waals surface area contributed by atoms with Crippen LogP contribution in [-0.4, -0.2) is 12.6 Å². The Morgan fingerprint density at radius 2 is 2.13 bits per heavy atom. The third-order valence-corrected chi connectivity index (χ3v) is 1.69. The van der Waals surface area contributed by atoms with Gasteiger partial charge in [-0.05, 0) is 17.7 Å². The van der Waals surface area contributed by atoms with Gasteiger partial charge in [-0.2, -0.15) is 0 Å². The first-order valence-electron chi connectivity index (χ1n) is 4.34. The van der Waals surface area contributed by atoms with E-state index in [-0.39, 0.29) is 13.0 Å². The Bertz CT molecular complexity index is 375. The molecule has 0 bridgehead atoms. The number of carbonyl (C=O) groups is 1. The number of ether oxygens (including phenoxy) is 1. The number of hydrogen-bond donors (Lipinski definition) is 0. The molecule has 0 saturated carbocycles. The summed E-state index contributed by atoms with van der Waals surface area (Å²) in [5.41, 5.74) is 0.378. The maximum Gasteiger partial charge on any atom is 0.310 e. The first-order valence-corrected chi connectivity index (χ1v) is 4.34. The molecule has 0 aliphatic heterocycles. The van der Waals surface area contributed by atoms with Crippen LogP contribution in [-0.2, 0) is 16.0 Å². The molecule has 0 unspecified atom stereocenters. The Kier molecular flexibility index (Phi) is 3.97. The van der Waals surface area contributed by atoms with Crippen LogP contribution in [0.15, 0.2) is 30.9 Å². The lowest BCUT2D eigenvalue weighted by atomic mass is 10.1. The second-order valence-corrected chi connectivity index (χ2v) is 2.90. The van der Waals surface area contributed by atoms with Gasteiger partial charge in [0.05, 0.1) is 6.42 Å². The van der Waals surface area contributed by atoms with Crippen molar-refractivity contribution in [3.8, 4) is 0 Å². The number of benzene rings is 1. The standard InChI is InChI=1S/C11H10F2O2/c1-2-5-15-11(14)7-8-3-4-9(12)10(13)6-8/h2-4,6H,1,5,7H2. The Labute approximate surface area is 86.2 Å². The predicted molar refractivity (Wildman–Crippen MR) is 51.2 cm³/mol. The fraction of sp³-hybridized carbons (Fsp3) is 0.182. The molecule has 0 N–H and O–H groups in total. The van der Waals surface area contributed by atoms with Crippen LogP contribution in [0.2, 0.25) is 0 Å². The van der Waals surface area contributed by atoms with E-state index in [2.05, 4.69) is 6.58 Å². The fourth-order valence-corrected chi connectivity index (χ4v) is 1.02. The Morgan fingerprint density at radius 3 is 2.73 bits per heavy atom. The summed E-state index contributed by atoms with van der Waals surface area (Å²) in [6, 6.07) is 3.30. The predicted octanol–water partition coefficient (Wildman–Crippen LogP) is 2.24. The molecule has 4 heteroatoms. The molecular formula is C11H10F2O2. The van der Waals surface area contributed by atoms with E-state index in [1.807, 2.05) is 0 Å². The maximum absolute atomic E-state index is 12.7. The summed E-state index contributed by atoms with van der Waals surface area (Å²) in [6.07, 6.45) is 1.36. The molecule has 0 spiro atoms. The zero-order valence-corrected chi connectivity index (χ0v) is 8.00. The summed E-state index contributed by atoms with van der Waals surface area (Å²) >= 11 is 0. The van der Waals surface area contributed by atoms with Crippen molar-refractivity contribution >= 4 is 5.97 Å². The molecule has 1 aromatic carbocycles. The molecule has 0 aromatic heterocycles. The van der Waals surface area contributed by atoms with Crippen LogP contribution < -0.4 is 0 Å². The topological polar surface area (TPSA) is 26.3 Å². The molecule has 0 amide bonds. The molecule has 0 fully saturated rings. The Morgan fingerprint density at radius 1 is 1.40 bits per heavy atom. The van der Waals surface area contributed by atoms with E-state index in [0.29, 0.717) is 5.56 Å². The highest BCUT2D eigenvalue weighted by molar-refractivity contribution is 5.72. The highest BCUT2D eigenvalue weighted by Crippen LogP contribution is 2.09. The second kappa shape index (κ2) is 5.24. The van der Waals surface area contributed by atoms with Gasteiger partial charge < -0.3 is 4.74 Å². The highest BCUT2D eigenvalue weighted by Gasteiger charge is 2.07. The van der Waals surface area contributed by atoms with E-state index < -0.39 is 17.6 Å². The van der Waals surface area contributed by atoms with Crippen molar-refractivity contribution in [3.05, 3.63) is 48.1 Å². The van der Waals surface area contributed by atoms with Gasteiger partial charge in [-0.25, -0.2) is 8.78 Å². The number of esters is 1. The molecule has 80 valence electrons. The number of hydrogen-bond acceptors (Lipinski definition) is 2. The molecule has 15 heavy (non-hydrogen) atoms. The summed E-state index contributed by atoms with van der Waals surface area (Å²) in [6.45, 7) is 3.49. The van der Waals surface area contributed by atoms with E-state index in [9.17, 15) is 13.6 Å². The van der Waals surface area contributed by atoms with Crippen molar-refractivity contribution in [2.75, 3.05) is 6.61 Å². The molecule has 2 nitrogen and oxygen atoms in total. The third kappa shape index (κ3) is 3.50. The van der Waals surface area contributed by atoms with E-state index in [4.69, 9.17) is 4.74 Å². The quantitative estimate of drug-likeness (QED) is 0.565. The summed E-state index contributed by atoms with van der Waals surface area (Å²) in [5, 5.41) is 0. The molecule has 0 atom stereocenters. The molecule has 0 heterocycles.